The van der Waals surface area contributed by atoms with E-state index in [0.717, 1.165) is 11.3 Å². The van der Waals surface area contributed by atoms with Gasteiger partial charge in [-0.25, -0.2) is 9.59 Å². The highest BCUT2D eigenvalue weighted by molar-refractivity contribution is 6.19. The predicted molar refractivity (Wildman–Crippen MR) is 98.0 cm³/mol. The molecule has 0 radical (unpaired) electrons. The molecule has 3 rings (SSSR count). The first-order valence-electron chi connectivity index (χ1n) is 8.41. The largest absolute Gasteiger partial charge is 0.497 e. The molecule has 1 saturated heterocycles. The Hall–Kier alpha value is -3.28. The van der Waals surface area contributed by atoms with Crippen molar-refractivity contribution in [3.63, 3.8) is 0 Å². The Kier molecular flexibility index (Phi) is 5.16. The summed E-state index contributed by atoms with van der Waals surface area (Å²) in [4.78, 5) is 24.3. The third-order valence-corrected chi connectivity index (χ3v) is 3.86. The summed E-state index contributed by atoms with van der Waals surface area (Å²) in [6, 6.07) is 14.6. The molecule has 0 spiro atoms. The maximum Gasteiger partial charge on any atom is 0.348 e. The van der Waals surface area contributed by atoms with Gasteiger partial charge in [-0.1, -0.05) is 30.3 Å². The number of carbonyl (C=O) groups excluding carboxylic acids is 2. The molecule has 1 aliphatic rings. The molecule has 0 aromatic heterocycles. The van der Waals surface area contributed by atoms with Gasteiger partial charge in [-0.05, 0) is 29.8 Å². The van der Waals surface area contributed by atoms with Crippen LogP contribution in [0.2, 0.25) is 0 Å². The van der Waals surface area contributed by atoms with Gasteiger partial charge in [-0.15, -0.1) is 0 Å². The molecule has 1 aliphatic heterocycles. The molecule has 27 heavy (non-hydrogen) atoms. The zero-order valence-electron chi connectivity index (χ0n) is 15.4. The molecule has 0 aliphatic carbocycles. The summed E-state index contributed by atoms with van der Waals surface area (Å²) in [5.74, 6) is -1.45. The molecule has 0 saturated carbocycles. The number of ether oxygens (including phenoxy) is 4. The molecule has 1 fully saturated rings. The van der Waals surface area contributed by atoms with Crippen molar-refractivity contribution < 1.29 is 28.5 Å². The average Bonchev–Trinajstić information content (AvgIpc) is 2.63. The standard InChI is InChI=1S/C21H20O6/c1-21(2)26-19(22)17(20(23)27-21)12-15-8-4-5-10-18(15)25-13-14-7-6-9-16(11-14)24-3/h4-12H,13H2,1-3H3. The smallest absolute Gasteiger partial charge is 0.348 e. The van der Waals surface area contributed by atoms with Crippen LogP contribution in [0.3, 0.4) is 0 Å². The summed E-state index contributed by atoms with van der Waals surface area (Å²) < 4.78 is 21.3. The Labute approximate surface area is 157 Å². The fourth-order valence-electron chi connectivity index (χ4n) is 2.59. The van der Waals surface area contributed by atoms with Crippen molar-refractivity contribution in [2.24, 2.45) is 0 Å². The second-order valence-corrected chi connectivity index (χ2v) is 6.41. The van der Waals surface area contributed by atoms with Gasteiger partial charge in [0.2, 0.25) is 0 Å². The Balaban J connectivity index is 1.82. The second kappa shape index (κ2) is 7.53. The average molecular weight is 368 g/mol. The van der Waals surface area contributed by atoms with Crippen LogP contribution < -0.4 is 9.47 Å². The van der Waals surface area contributed by atoms with Gasteiger partial charge in [0.25, 0.3) is 5.79 Å². The van der Waals surface area contributed by atoms with E-state index in [9.17, 15) is 9.59 Å². The zero-order chi connectivity index (χ0) is 19.4. The van der Waals surface area contributed by atoms with Crippen molar-refractivity contribution in [1.29, 1.82) is 0 Å². The molecule has 0 atom stereocenters. The highest BCUT2D eigenvalue weighted by Crippen LogP contribution is 2.27. The van der Waals surface area contributed by atoms with E-state index in [0.29, 0.717) is 17.9 Å². The first kappa shape index (κ1) is 18.5. The van der Waals surface area contributed by atoms with E-state index in [1.54, 1.807) is 25.3 Å². The van der Waals surface area contributed by atoms with Crippen LogP contribution in [0, 0.1) is 0 Å². The van der Waals surface area contributed by atoms with E-state index in [2.05, 4.69) is 0 Å². The van der Waals surface area contributed by atoms with E-state index in [1.165, 1.54) is 19.9 Å². The molecule has 0 N–H and O–H groups in total. The SMILES string of the molecule is COc1cccc(COc2ccccc2C=C2C(=O)OC(C)(C)OC2=O)c1. The van der Waals surface area contributed by atoms with E-state index in [1.807, 2.05) is 30.3 Å². The predicted octanol–water partition coefficient (Wildman–Crippen LogP) is 3.49. The molecule has 0 bridgehead atoms. The van der Waals surface area contributed by atoms with Gasteiger partial charge in [0, 0.05) is 19.4 Å². The Morgan fingerprint density at radius 3 is 2.41 bits per heavy atom. The molecule has 140 valence electrons. The maximum absolute atomic E-state index is 12.1. The lowest BCUT2D eigenvalue weighted by atomic mass is 10.1. The minimum absolute atomic E-state index is 0.174. The first-order chi connectivity index (χ1) is 12.9. The Bertz CT molecular complexity index is 875. The first-order valence-corrected chi connectivity index (χ1v) is 8.41. The third-order valence-electron chi connectivity index (χ3n) is 3.86. The van der Waals surface area contributed by atoms with Crippen molar-refractivity contribution >= 4 is 18.0 Å². The monoisotopic (exact) mass is 368 g/mol. The molecule has 0 unspecified atom stereocenters. The van der Waals surface area contributed by atoms with Crippen LogP contribution in [0.15, 0.2) is 54.1 Å². The number of carbonyl (C=O) groups is 2. The van der Waals surface area contributed by atoms with Gasteiger partial charge in [0.15, 0.2) is 0 Å². The molecule has 0 amide bonds. The lowest BCUT2D eigenvalue weighted by Gasteiger charge is -2.29. The topological polar surface area (TPSA) is 71.1 Å². The van der Waals surface area contributed by atoms with Crippen LogP contribution in [0.25, 0.3) is 6.08 Å². The van der Waals surface area contributed by atoms with Gasteiger partial charge in [-0.3, -0.25) is 0 Å². The fourth-order valence-corrected chi connectivity index (χ4v) is 2.59. The summed E-state index contributed by atoms with van der Waals surface area (Å²) in [5.41, 5.74) is 1.32. The number of esters is 2. The number of para-hydroxylation sites is 1. The van der Waals surface area contributed by atoms with Crippen LogP contribution in [0.5, 0.6) is 11.5 Å². The molecular formula is C21H20O6. The van der Waals surface area contributed by atoms with Gasteiger partial charge in [0.05, 0.1) is 7.11 Å². The van der Waals surface area contributed by atoms with E-state index < -0.39 is 17.7 Å². The van der Waals surface area contributed by atoms with Crippen molar-refractivity contribution in [2.45, 2.75) is 26.2 Å². The molecular weight excluding hydrogens is 348 g/mol. The highest BCUT2D eigenvalue weighted by Gasteiger charge is 2.38. The number of methoxy groups -OCH3 is 1. The fraction of sp³-hybridized carbons (Fsp3) is 0.238. The van der Waals surface area contributed by atoms with Crippen molar-refractivity contribution in [3.05, 3.63) is 65.2 Å². The quantitative estimate of drug-likeness (QED) is 0.457. The molecule has 2 aromatic carbocycles. The number of benzene rings is 2. The summed E-state index contributed by atoms with van der Waals surface area (Å²) in [6.07, 6.45) is 1.42. The summed E-state index contributed by atoms with van der Waals surface area (Å²) in [5, 5.41) is 0. The van der Waals surface area contributed by atoms with Crippen molar-refractivity contribution in [2.75, 3.05) is 7.11 Å². The van der Waals surface area contributed by atoms with Gasteiger partial charge in [0.1, 0.15) is 23.7 Å². The van der Waals surface area contributed by atoms with Crippen LogP contribution in [-0.4, -0.2) is 24.8 Å². The van der Waals surface area contributed by atoms with E-state index >= 15 is 0 Å². The minimum Gasteiger partial charge on any atom is -0.497 e. The Morgan fingerprint density at radius 1 is 1.00 bits per heavy atom. The second-order valence-electron chi connectivity index (χ2n) is 6.41. The van der Waals surface area contributed by atoms with Crippen LogP contribution >= 0.6 is 0 Å². The number of hydrogen-bond acceptors (Lipinski definition) is 6. The van der Waals surface area contributed by atoms with Crippen molar-refractivity contribution in [3.8, 4) is 11.5 Å². The van der Waals surface area contributed by atoms with Crippen molar-refractivity contribution in [1.82, 2.24) is 0 Å². The Morgan fingerprint density at radius 2 is 1.70 bits per heavy atom. The number of rotatable bonds is 5. The summed E-state index contributed by atoms with van der Waals surface area (Å²) >= 11 is 0. The molecule has 1 heterocycles. The van der Waals surface area contributed by atoms with Gasteiger partial charge in [-0.2, -0.15) is 0 Å². The summed E-state index contributed by atoms with van der Waals surface area (Å²) in [6.45, 7) is 3.31. The van der Waals surface area contributed by atoms with Crippen LogP contribution in [0.4, 0.5) is 0 Å². The number of cyclic esters (lactones) is 2. The molecule has 6 nitrogen and oxygen atoms in total. The van der Waals surface area contributed by atoms with Crippen LogP contribution in [0.1, 0.15) is 25.0 Å². The van der Waals surface area contributed by atoms with Crippen LogP contribution in [-0.2, 0) is 25.7 Å². The number of hydrogen-bond donors (Lipinski definition) is 0. The maximum atomic E-state index is 12.1. The minimum atomic E-state index is -1.27. The normalized spacial score (nSPS) is 15.6. The molecule has 6 heteroatoms. The van der Waals surface area contributed by atoms with E-state index in [-0.39, 0.29) is 5.57 Å². The molecule has 2 aromatic rings. The van der Waals surface area contributed by atoms with Gasteiger partial charge < -0.3 is 18.9 Å². The van der Waals surface area contributed by atoms with Gasteiger partial charge >= 0.3 is 11.9 Å². The lowest BCUT2D eigenvalue weighted by Crippen LogP contribution is -2.41. The highest BCUT2D eigenvalue weighted by atomic mass is 16.7. The zero-order valence-corrected chi connectivity index (χ0v) is 15.4. The summed E-state index contributed by atoms with van der Waals surface area (Å²) in [7, 11) is 1.60. The lowest BCUT2D eigenvalue weighted by molar-refractivity contribution is -0.222. The van der Waals surface area contributed by atoms with E-state index in [4.69, 9.17) is 18.9 Å². The third kappa shape index (κ3) is 4.47.